The van der Waals surface area contributed by atoms with Crippen molar-refractivity contribution in [3.05, 3.63) is 18.3 Å². The molecule has 0 radical (unpaired) electrons. The Kier molecular flexibility index (Phi) is 3.22. The molecule has 1 fully saturated rings. The van der Waals surface area contributed by atoms with Crippen molar-refractivity contribution < 1.29 is 5.11 Å². The largest absolute Gasteiger partial charge is 0.392 e. The van der Waals surface area contributed by atoms with Gasteiger partial charge in [0.25, 0.3) is 0 Å². The molecule has 1 aliphatic heterocycles. The van der Waals surface area contributed by atoms with Gasteiger partial charge in [-0.2, -0.15) is 9.61 Å². The number of hydrogen-bond donors (Lipinski definition) is 3. The quantitative estimate of drug-likeness (QED) is 0.728. The Morgan fingerprint density at radius 2 is 2.42 bits per heavy atom. The molecule has 7 heteroatoms. The van der Waals surface area contributed by atoms with Crippen molar-refractivity contribution in [1.29, 1.82) is 0 Å². The summed E-state index contributed by atoms with van der Waals surface area (Å²) < 4.78 is 1.59. The van der Waals surface area contributed by atoms with E-state index < -0.39 is 0 Å². The van der Waals surface area contributed by atoms with Gasteiger partial charge in [0.2, 0.25) is 0 Å². The molecule has 4 N–H and O–H groups in total. The van der Waals surface area contributed by atoms with Crippen LogP contribution < -0.4 is 11.1 Å². The van der Waals surface area contributed by atoms with Crippen LogP contribution in [0.1, 0.15) is 12.8 Å². The number of nitrogens with one attached hydrogen (secondary N) is 1. The van der Waals surface area contributed by atoms with E-state index in [4.69, 9.17) is 5.73 Å². The molecule has 0 saturated carbocycles. The number of piperidine rings is 1. The molecule has 1 unspecified atom stereocenters. The number of likely N-dealkylation sites (tertiary alicyclic amines) is 1. The van der Waals surface area contributed by atoms with E-state index in [9.17, 15) is 5.11 Å². The summed E-state index contributed by atoms with van der Waals surface area (Å²) in [5.41, 5.74) is 6.62. The summed E-state index contributed by atoms with van der Waals surface area (Å²) in [4.78, 5) is 6.59. The molecular formula is C12H18N6O. The maximum Gasteiger partial charge on any atom is 0.159 e. The Labute approximate surface area is 111 Å². The number of nitrogens with two attached hydrogens (primary N) is 1. The lowest BCUT2D eigenvalue weighted by Crippen LogP contribution is -2.41. The van der Waals surface area contributed by atoms with Gasteiger partial charge in [0.05, 0.1) is 19.0 Å². The van der Waals surface area contributed by atoms with Crippen molar-refractivity contribution in [2.45, 2.75) is 18.9 Å². The molecule has 3 rings (SSSR count). The number of aliphatic hydroxyl groups excluding tert-OH is 1. The molecule has 7 nitrogen and oxygen atoms in total. The van der Waals surface area contributed by atoms with Gasteiger partial charge >= 0.3 is 0 Å². The van der Waals surface area contributed by atoms with Gasteiger partial charge in [-0.3, -0.25) is 4.90 Å². The van der Waals surface area contributed by atoms with E-state index in [2.05, 4.69) is 20.3 Å². The minimum Gasteiger partial charge on any atom is -0.392 e. The van der Waals surface area contributed by atoms with Crippen LogP contribution in [-0.4, -0.2) is 50.5 Å². The molecule has 0 aliphatic carbocycles. The Hall–Kier alpha value is -1.86. The van der Waals surface area contributed by atoms with E-state index >= 15 is 0 Å². The van der Waals surface area contributed by atoms with Crippen LogP contribution in [-0.2, 0) is 0 Å². The zero-order valence-corrected chi connectivity index (χ0v) is 10.7. The Morgan fingerprint density at radius 1 is 1.53 bits per heavy atom. The Bertz CT molecular complexity index is 568. The Balaban J connectivity index is 1.67. The van der Waals surface area contributed by atoms with Gasteiger partial charge < -0.3 is 16.2 Å². The highest BCUT2D eigenvalue weighted by molar-refractivity contribution is 5.54. The predicted molar refractivity (Wildman–Crippen MR) is 72.7 cm³/mol. The monoisotopic (exact) mass is 262 g/mol. The van der Waals surface area contributed by atoms with Crippen molar-refractivity contribution in [3.8, 4) is 0 Å². The molecular weight excluding hydrogens is 244 g/mol. The number of fused-ring (bicyclic) bond motifs is 1. The van der Waals surface area contributed by atoms with Crippen LogP contribution in [0.4, 0.5) is 11.6 Å². The lowest BCUT2D eigenvalue weighted by Gasteiger charge is -2.30. The maximum atomic E-state index is 9.62. The number of aromatic nitrogens is 3. The number of rotatable bonds is 3. The third kappa shape index (κ3) is 2.61. The van der Waals surface area contributed by atoms with Gasteiger partial charge in [0.1, 0.15) is 11.6 Å². The summed E-state index contributed by atoms with van der Waals surface area (Å²) in [5.74, 6) is 1.28. The Morgan fingerprint density at radius 3 is 3.26 bits per heavy atom. The molecule has 1 aliphatic rings. The fourth-order valence-corrected chi connectivity index (χ4v) is 2.39. The zero-order valence-electron chi connectivity index (χ0n) is 10.7. The van der Waals surface area contributed by atoms with Crippen LogP contribution in [0.3, 0.4) is 0 Å². The van der Waals surface area contributed by atoms with E-state index in [0.717, 1.165) is 30.9 Å². The third-order valence-corrected chi connectivity index (χ3v) is 3.35. The molecule has 2 aromatic heterocycles. The molecule has 1 atom stereocenters. The highest BCUT2D eigenvalue weighted by Crippen LogP contribution is 2.14. The normalized spacial score (nSPS) is 20.8. The number of anilines is 2. The van der Waals surface area contributed by atoms with Gasteiger partial charge in [-0.25, -0.2) is 4.98 Å². The van der Waals surface area contributed by atoms with E-state index in [1.165, 1.54) is 0 Å². The van der Waals surface area contributed by atoms with Gasteiger partial charge in [-0.05, 0) is 12.8 Å². The van der Waals surface area contributed by atoms with Crippen molar-refractivity contribution in [2.75, 3.05) is 30.8 Å². The second-order valence-corrected chi connectivity index (χ2v) is 4.88. The molecule has 1 saturated heterocycles. The van der Waals surface area contributed by atoms with Crippen LogP contribution >= 0.6 is 0 Å². The van der Waals surface area contributed by atoms with Crippen molar-refractivity contribution in [3.63, 3.8) is 0 Å². The van der Waals surface area contributed by atoms with Gasteiger partial charge in [0.15, 0.2) is 5.65 Å². The second-order valence-electron chi connectivity index (χ2n) is 4.88. The summed E-state index contributed by atoms with van der Waals surface area (Å²) in [5, 5.41) is 16.9. The second kappa shape index (κ2) is 5.02. The average Bonchev–Trinajstić information content (AvgIpc) is 2.85. The van der Waals surface area contributed by atoms with Crippen LogP contribution in [0.5, 0.6) is 0 Å². The fourth-order valence-electron chi connectivity index (χ4n) is 2.39. The third-order valence-electron chi connectivity index (χ3n) is 3.35. The molecule has 0 amide bonds. The SMILES string of the molecule is Nc1cc(NCN2CCCC(O)C2)nc2ccnn12. The molecule has 3 heterocycles. The van der Waals surface area contributed by atoms with Crippen LogP contribution in [0.25, 0.3) is 5.65 Å². The van der Waals surface area contributed by atoms with E-state index in [1.54, 1.807) is 16.8 Å². The van der Waals surface area contributed by atoms with Gasteiger partial charge in [0, 0.05) is 25.2 Å². The van der Waals surface area contributed by atoms with Crippen molar-refractivity contribution in [2.24, 2.45) is 0 Å². The first kappa shape index (κ1) is 12.2. The lowest BCUT2D eigenvalue weighted by atomic mass is 10.1. The predicted octanol–water partition coefficient (Wildman–Crippen LogP) is 0.138. The summed E-state index contributed by atoms with van der Waals surface area (Å²) in [6.45, 7) is 2.36. The first-order valence-corrected chi connectivity index (χ1v) is 6.47. The lowest BCUT2D eigenvalue weighted by molar-refractivity contribution is 0.0748. The first-order valence-electron chi connectivity index (χ1n) is 6.47. The summed E-state index contributed by atoms with van der Waals surface area (Å²) in [6, 6.07) is 3.58. The topological polar surface area (TPSA) is 91.7 Å². The minimum absolute atomic E-state index is 0.217. The first-order chi connectivity index (χ1) is 9.22. The highest BCUT2D eigenvalue weighted by Gasteiger charge is 2.17. The van der Waals surface area contributed by atoms with E-state index in [1.807, 2.05) is 6.07 Å². The van der Waals surface area contributed by atoms with E-state index in [0.29, 0.717) is 19.0 Å². The summed E-state index contributed by atoms with van der Waals surface area (Å²) in [7, 11) is 0. The standard InChI is InChI=1S/C12H18N6O/c13-10-6-11(16-12-3-4-15-18(10)12)14-8-17-5-1-2-9(19)7-17/h3-4,6,9,19H,1-2,5,7-8,13H2,(H,14,16). The zero-order chi connectivity index (χ0) is 13.2. The minimum atomic E-state index is -0.217. The van der Waals surface area contributed by atoms with E-state index in [-0.39, 0.29) is 6.10 Å². The smallest absolute Gasteiger partial charge is 0.159 e. The van der Waals surface area contributed by atoms with Crippen molar-refractivity contribution >= 4 is 17.3 Å². The van der Waals surface area contributed by atoms with Crippen LogP contribution in [0, 0.1) is 0 Å². The highest BCUT2D eigenvalue weighted by atomic mass is 16.3. The summed E-state index contributed by atoms with van der Waals surface area (Å²) >= 11 is 0. The van der Waals surface area contributed by atoms with Gasteiger partial charge in [-0.1, -0.05) is 0 Å². The molecule has 19 heavy (non-hydrogen) atoms. The molecule has 0 aromatic carbocycles. The number of nitrogen functional groups attached to an aromatic ring is 1. The molecule has 0 bridgehead atoms. The average molecular weight is 262 g/mol. The number of β-amino-alcohol motifs (C(OH)–C–C–N with tert-alkyl or cyclic N) is 1. The van der Waals surface area contributed by atoms with Gasteiger partial charge in [-0.15, -0.1) is 0 Å². The maximum absolute atomic E-state index is 9.62. The summed E-state index contributed by atoms with van der Waals surface area (Å²) in [6.07, 6.45) is 3.37. The molecule has 102 valence electrons. The van der Waals surface area contributed by atoms with Crippen molar-refractivity contribution in [1.82, 2.24) is 19.5 Å². The number of nitrogens with zero attached hydrogens (tertiary/aromatic N) is 4. The van der Waals surface area contributed by atoms with Crippen LogP contribution in [0.15, 0.2) is 18.3 Å². The molecule has 2 aromatic rings. The fraction of sp³-hybridized carbons (Fsp3) is 0.500. The number of aliphatic hydroxyl groups is 1. The molecule has 0 spiro atoms. The van der Waals surface area contributed by atoms with Crippen LogP contribution in [0.2, 0.25) is 0 Å². The number of hydrogen-bond acceptors (Lipinski definition) is 6.